The van der Waals surface area contributed by atoms with Gasteiger partial charge in [-0.25, -0.2) is 0 Å². The summed E-state index contributed by atoms with van der Waals surface area (Å²) in [6.45, 7) is 0.128. The maximum absolute atomic E-state index is 12.6. The largest absolute Gasteiger partial charge is 0.496 e. The summed E-state index contributed by atoms with van der Waals surface area (Å²) in [6, 6.07) is 12.2. The molecule has 120 valence electrons. The maximum atomic E-state index is 12.6. The quantitative estimate of drug-likeness (QED) is 0.452. The molecular weight excluding hydrogens is 374 g/mol. The van der Waals surface area contributed by atoms with Crippen LogP contribution in [-0.2, 0) is 0 Å². The van der Waals surface area contributed by atoms with Crippen molar-refractivity contribution < 1.29 is 19.0 Å². The molecule has 3 rings (SSSR count). The Morgan fingerprint density at radius 3 is 2.79 bits per heavy atom. The number of fused-ring (bicyclic) bond motifs is 1. The second-order valence-corrected chi connectivity index (χ2v) is 5.87. The molecule has 2 aromatic rings. The SMILES string of the molecule is COc1ccc(Br)cc1C=C(C#N)C(=O)c1ccc2c(c1)OCO2. The van der Waals surface area contributed by atoms with Crippen molar-refractivity contribution >= 4 is 27.8 Å². The van der Waals surface area contributed by atoms with E-state index in [9.17, 15) is 10.1 Å². The number of methoxy groups -OCH3 is 1. The molecule has 1 aliphatic rings. The molecule has 0 bridgehead atoms. The first-order chi connectivity index (χ1) is 11.6. The van der Waals surface area contributed by atoms with Crippen molar-refractivity contribution in [3.05, 3.63) is 57.6 Å². The van der Waals surface area contributed by atoms with Crippen molar-refractivity contribution in [1.82, 2.24) is 0 Å². The number of Topliss-reactive ketones (excluding diaryl/α,β-unsaturated/α-hetero) is 1. The molecule has 1 heterocycles. The average molecular weight is 386 g/mol. The molecule has 0 fully saturated rings. The normalized spacial score (nSPS) is 12.6. The summed E-state index contributed by atoms with van der Waals surface area (Å²) in [6.07, 6.45) is 1.51. The van der Waals surface area contributed by atoms with E-state index in [-0.39, 0.29) is 12.4 Å². The summed E-state index contributed by atoms with van der Waals surface area (Å²) >= 11 is 3.37. The summed E-state index contributed by atoms with van der Waals surface area (Å²) in [5, 5.41) is 9.40. The number of carbonyl (C=O) groups is 1. The van der Waals surface area contributed by atoms with E-state index in [2.05, 4.69) is 15.9 Å². The molecule has 0 N–H and O–H groups in total. The fraction of sp³-hybridized carbons (Fsp3) is 0.111. The minimum absolute atomic E-state index is 0.00488. The standard InChI is InChI=1S/C18H12BrNO4/c1-22-15-5-3-14(19)7-12(15)6-13(9-20)18(21)11-2-4-16-17(8-11)24-10-23-16/h2-8H,10H2,1H3. The first-order valence-corrected chi connectivity index (χ1v) is 7.81. The Bertz CT molecular complexity index is 883. The number of hydrogen-bond donors (Lipinski definition) is 0. The van der Waals surface area contributed by atoms with E-state index in [4.69, 9.17) is 14.2 Å². The molecule has 0 radical (unpaired) electrons. The van der Waals surface area contributed by atoms with Gasteiger partial charge in [-0.05, 0) is 42.5 Å². The third-order valence-electron chi connectivity index (χ3n) is 3.49. The smallest absolute Gasteiger partial charge is 0.231 e. The second-order valence-electron chi connectivity index (χ2n) is 4.95. The first-order valence-electron chi connectivity index (χ1n) is 7.02. The number of allylic oxidation sites excluding steroid dienone is 1. The number of halogens is 1. The maximum Gasteiger partial charge on any atom is 0.231 e. The van der Waals surface area contributed by atoms with Crippen molar-refractivity contribution in [3.8, 4) is 23.3 Å². The van der Waals surface area contributed by atoms with Crippen LogP contribution in [0, 0.1) is 11.3 Å². The molecule has 1 aliphatic heterocycles. The molecule has 0 saturated carbocycles. The van der Waals surface area contributed by atoms with Crippen LogP contribution in [0.5, 0.6) is 17.2 Å². The number of ether oxygens (including phenoxy) is 3. The Kier molecular flexibility index (Phi) is 4.54. The van der Waals surface area contributed by atoms with Gasteiger partial charge in [0.1, 0.15) is 17.4 Å². The zero-order valence-electron chi connectivity index (χ0n) is 12.7. The minimum Gasteiger partial charge on any atom is -0.496 e. The number of rotatable bonds is 4. The number of ketones is 1. The fourth-order valence-corrected chi connectivity index (χ4v) is 2.69. The molecule has 0 atom stereocenters. The molecule has 5 nitrogen and oxygen atoms in total. The molecule has 0 amide bonds. The third kappa shape index (κ3) is 3.12. The number of carbonyl (C=O) groups excluding carboxylic acids is 1. The zero-order valence-corrected chi connectivity index (χ0v) is 14.3. The van der Waals surface area contributed by atoms with Crippen LogP contribution in [0.15, 0.2) is 46.4 Å². The molecule has 0 saturated heterocycles. The highest BCUT2D eigenvalue weighted by Crippen LogP contribution is 2.33. The van der Waals surface area contributed by atoms with Gasteiger partial charge < -0.3 is 14.2 Å². The number of hydrogen-bond acceptors (Lipinski definition) is 5. The highest BCUT2D eigenvalue weighted by molar-refractivity contribution is 9.10. The first kappa shape index (κ1) is 16.1. The van der Waals surface area contributed by atoms with E-state index in [0.29, 0.717) is 28.4 Å². The van der Waals surface area contributed by atoms with Crippen LogP contribution in [-0.4, -0.2) is 19.7 Å². The molecule has 0 unspecified atom stereocenters. The lowest BCUT2D eigenvalue weighted by Crippen LogP contribution is -2.02. The van der Waals surface area contributed by atoms with Gasteiger partial charge in [-0.1, -0.05) is 15.9 Å². The summed E-state index contributed by atoms with van der Waals surface area (Å²) in [5.74, 6) is 1.27. The minimum atomic E-state index is -0.391. The van der Waals surface area contributed by atoms with Crippen molar-refractivity contribution in [2.75, 3.05) is 13.9 Å². The lowest BCUT2D eigenvalue weighted by molar-refractivity contribution is 0.103. The zero-order chi connectivity index (χ0) is 17.1. The summed E-state index contributed by atoms with van der Waals surface area (Å²) in [5.41, 5.74) is 1.00. The third-order valence-corrected chi connectivity index (χ3v) is 3.98. The fourth-order valence-electron chi connectivity index (χ4n) is 2.32. The Balaban J connectivity index is 1.98. The van der Waals surface area contributed by atoms with E-state index in [1.54, 1.807) is 30.3 Å². The Morgan fingerprint density at radius 2 is 2.04 bits per heavy atom. The molecule has 6 heteroatoms. The van der Waals surface area contributed by atoms with Crippen LogP contribution >= 0.6 is 15.9 Å². The monoisotopic (exact) mass is 385 g/mol. The lowest BCUT2D eigenvalue weighted by atomic mass is 10.0. The van der Waals surface area contributed by atoms with E-state index in [1.807, 2.05) is 12.1 Å². The van der Waals surface area contributed by atoms with Gasteiger partial charge in [-0.2, -0.15) is 5.26 Å². The Labute approximate surface area is 147 Å². The molecule has 0 spiro atoms. The molecular formula is C18H12BrNO4. The number of nitriles is 1. The molecule has 24 heavy (non-hydrogen) atoms. The Morgan fingerprint density at radius 1 is 1.25 bits per heavy atom. The molecule has 0 aromatic heterocycles. The van der Waals surface area contributed by atoms with Crippen molar-refractivity contribution in [1.29, 1.82) is 5.26 Å². The van der Waals surface area contributed by atoms with Crippen LogP contribution in [0.4, 0.5) is 0 Å². The summed E-state index contributed by atoms with van der Waals surface area (Å²) in [4.78, 5) is 12.6. The lowest BCUT2D eigenvalue weighted by Gasteiger charge is -2.06. The van der Waals surface area contributed by atoms with Crippen molar-refractivity contribution in [3.63, 3.8) is 0 Å². The van der Waals surface area contributed by atoms with Crippen LogP contribution < -0.4 is 14.2 Å². The van der Waals surface area contributed by atoms with Crippen LogP contribution in [0.2, 0.25) is 0 Å². The van der Waals surface area contributed by atoms with E-state index < -0.39 is 5.78 Å². The van der Waals surface area contributed by atoms with Crippen molar-refractivity contribution in [2.45, 2.75) is 0 Å². The van der Waals surface area contributed by atoms with Crippen LogP contribution in [0.1, 0.15) is 15.9 Å². The van der Waals surface area contributed by atoms with E-state index >= 15 is 0 Å². The van der Waals surface area contributed by atoms with Gasteiger partial charge in [0, 0.05) is 15.6 Å². The highest BCUT2D eigenvalue weighted by atomic mass is 79.9. The predicted molar refractivity (Wildman–Crippen MR) is 91.2 cm³/mol. The number of benzene rings is 2. The predicted octanol–water partition coefficient (Wildman–Crippen LogP) is 3.98. The van der Waals surface area contributed by atoms with Gasteiger partial charge in [0.25, 0.3) is 0 Å². The van der Waals surface area contributed by atoms with E-state index in [0.717, 1.165) is 4.47 Å². The van der Waals surface area contributed by atoms with Gasteiger partial charge in [0.15, 0.2) is 11.5 Å². The van der Waals surface area contributed by atoms with Gasteiger partial charge in [0.2, 0.25) is 12.6 Å². The van der Waals surface area contributed by atoms with Gasteiger partial charge >= 0.3 is 0 Å². The average Bonchev–Trinajstić information content (AvgIpc) is 3.06. The van der Waals surface area contributed by atoms with Gasteiger partial charge in [0.05, 0.1) is 7.11 Å². The molecule has 0 aliphatic carbocycles. The van der Waals surface area contributed by atoms with Crippen LogP contribution in [0.3, 0.4) is 0 Å². The van der Waals surface area contributed by atoms with Gasteiger partial charge in [-0.3, -0.25) is 4.79 Å². The van der Waals surface area contributed by atoms with Gasteiger partial charge in [-0.15, -0.1) is 0 Å². The summed E-state index contributed by atoms with van der Waals surface area (Å²) < 4.78 is 16.6. The van der Waals surface area contributed by atoms with Crippen LogP contribution in [0.25, 0.3) is 6.08 Å². The highest BCUT2D eigenvalue weighted by Gasteiger charge is 2.19. The number of nitrogens with zero attached hydrogens (tertiary/aromatic N) is 1. The Hall–Kier alpha value is -2.78. The van der Waals surface area contributed by atoms with Crippen molar-refractivity contribution in [2.24, 2.45) is 0 Å². The summed E-state index contributed by atoms with van der Waals surface area (Å²) in [7, 11) is 1.53. The molecule has 2 aromatic carbocycles. The topological polar surface area (TPSA) is 68.5 Å². The second kappa shape index (κ2) is 6.77. The van der Waals surface area contributed by atoms with E-state index in [1.165, 1.54) is 13.2 Å².